The first-order valence-electron chi connectivity index (χ1n) is 6.22. The van der Waals surface area contributed by atoms with Gasteiger partial charge in [-0.05, 0) is 32.3 Å². The summed E-state index contributed by atoms with van der Waals surface area (Å²) in [5.74, 6) is -0.159. The predicted molar refractivity (Wildman–Crippen MR) is 67.2 cm³/mol. The van der Waals surface area contributed by atoms with Crippen molar-refractivity contribution in [3.05, 3.63) is 28.2 Å². The largest absolute Gasteiger partial charge is 0.333 e. The molecule has 0 saturated carbocycles. The minimum Gasteiger partial charge on any atom is -0.333 e. The highest BCUT2D eigenvalue weighted by molar-refractivity contribution is 5.92. The smallest absolute Gasteiger partial charge is 0.274 e. The van der Waals surface area contributed by atoms with Crippen LogP contribution in [0.5, 0.6) is 0 Å². The molecule has 1 amide bonds. The number of nitrogens with two attached hydrogens (primary N) is 1. The summed E-state index contributed by atoms with van der Waals surface area (Å²) < 4.78 is 0. The van der Waals surface area contributed by atoms with Crippen molar-refractivity contribution in [3.8, 4) is 0 Å². The molecule has 2 rings (SSSR count). The van der Waals surface area contributed by atoms with Crippen molar-refractivity contribution in [3.63, 3.8) is 0 Å². The number of nitrogens with one attached hydrogen (secondary N) is 1. The van der Waals surface area contributed by atoms with E-state index in [9.17, 15) is 9.59 Å². The molecule has 2 atom stereocenters. The zero-order chi connectivity index (χ0) is 13.1. The van der Waals surface area contributed by atoms with Gasteiger partial charge in [-0.2, -0.15) is 5.10 Å². The number of hydrogen-bond acceptors (Lipinski definition) is 4. The van der Waals surface area contributed by atoms with Crippen LogP contribution in [0, 0.1) is 0 Å². The van der Waals surface area contributed by atoms with Crippen LogP contribution in [-0.4, -0.2) is 39.6 Å². The maximum Gasteiger partial charge on any atom is 0.274 e. The number of H-pyrrole nitrogens is 1. The SMILES string of the molecule is CC(N)C1CCCCN1C(=O)c1ccc(=O)[nH]n1. The summed E-state index contributed by atoms with van der Waals surface area (Å²) in [5.41, 5.74) is 5.88. The maximum atomic E-state index is 12.3. The number of aromatic amines is 1. The maximum absolute atomic E-state index is 12.3. The molecule has 0 bridgehead atoms. The third-order valence-electron chi connectivity index (χ3n) is 3.32. The van der Waals surface area contributed by atoms with Crippen molar-refractivity contribution in [1.29, 1.82) is 0 Å². The molecule has 1 aromatic heterocycles. The van der Waals surface area contributed by atoms with Gasteiger partial charge >= 0.3 is 0 Å². The third kappa shape index (κ3) is 2.59. The minimum atomic E-state index is -0.311. The molecule has 3 N–H and O–H groups in total. The molecule has 1 aromatic rings. The average molecular weight is 250 g/mol. The Bertz CT molecular complexity index is 463. The Labute approximate surface area is 105 Å². The van der Waals surface area contributed by atoms with Crippen LogP contribution < -0.4 is 11.3 Å². The molecule has 0 aromatic carbocycles. The van der Waals surface area contributed by atoms with E-state index in [1.54, 1.807) is 4.90 Å². The Morgan fingerprint density at radius 2 is 2.33 bits per heavy atom. The lowest BCUT2D eigenvalue weighted by Gasteiger charge is -2.37. The van der Waals surface area contributed by atoms with Crippen LogP contribution >= 0.6 is 0 Å². The number of likely N-dealkylation sites (tertiary alicyclic amines) is 1. The van der Waals surface area contributed by atoms with Gasteiger partial charge in [0, 0.05) is 24.7 Å². The summed E-state index contributed by atoms with van der Waals surface area (Å²) >= 11 is 0. The lowest BCUT2D eigenvalue weighted by atomic mass is 9.96. The van der Waals surface area contributed by atoms with E-state index < -0.39 is 0 Å². The molecule has 98 valence electrons. The molecule has 6 heteroatoms. The third-order valence-corrected chi connectivity index (χ3v) is 3.32. The molecule has 6 nitrogen and oxygen atoms in total. The van der Waals surface area contributed by atoms with Crippen LogP contribution in [0.4, 0.5) is 0 Å². The van der Waals surface area contributed by atoms with E-state index in [4.69, 9.17) is 5.73 Å². The van der Waals surface area contributed by atoms with E-state index in [1.807, 2.05) is 6.92 Å². The predicted octanol–water partition coefficient (Wildman–Crippen LogP) is 0.112. The summed E-state index contributed by atoms with van der Waals surface area (Å²) in [6.45, 7) is 2.61. The number of carbonyl (C=O) groups is 1. The minimum absolute atomic E-state index is 0.0555. The molecular weight excluding hydrogens is 232 g/mol. The topological polar surface area (TPSA) is 92.1 Å². The first-order valence-corrected chi connectivity index (χ1v) is 6.22. The quantitative estimate of drug-likeness (QED) is 0.779. The second kappa shape index (κ2) is 5.30. The number of amides is 1. The normalized spacial score (nSPS) is 21.7. The van der Waals surface area contributed by atoms with Crippen LogP contribution in [0.3, 0.4) is 0 Å². The molecule has 0 spiro atoms. The molecule has 1 aliphatic heterocycles. The molecule has 0 aliphatic carbocycles. The van der Waals surface area contributed by atoms with Crippen molar-refractivity contribution in [2.45, 2.75) is 38.3 Å². The van der Waals surface area contributed by atoms with E-state index in [1.165, 1.54) is 12.1 Å². The molecular formula is C12H18N4O2. The highest BCUT2D eigenvalue weighted by Crippen LogP contribution is 2.20. The number of rotatable bonds is 2. The lowest BCUT2D eigenvalue weighted by Crippen LogP contribution is -2.51. The van der Waals surface area contributed by atoms with Crippen molar-refractivity contribution in [2.24, 2.45) is 5.73 Å². The van der Waals surface area contributed by atoms with Crippen LogP contribution in [0.1, 0.15) is 36.7 Å². The average Bonchev–Trinajstić information content (AvgIpc) is 2.39. The Balaban J connectivity index is 2.20. The van der Waals surface area contributed by atoms with E-state index in [0.29, 0.717) is 6.54 Å². The Morgan fingerprint density at radius 1 is 1.56 bits per heavy atom. The molecule has 1 saturated heterocycles. The van der Waals surface area contributed by atoms with Gasteiger partial charge < -0.3 is 10.6 Å². The molecule has 1 fully saturated rings. The highest BCUT2D eigenvalue weighted by Gasteiger charge is 2.30. The monoisotopic (exact) mass is 250 g/mol. The molecule has 1 aliphatic rings. The second-order valence-electron chi connectivity index (χ2n) is 4.73. The fourth-order valence-corrected chi connectivity index (χ4v) is 2.37. The molecule has 0 radical (unpaired) electrons. The van der Waals surface area contributed by atoms with Crippen molar-refractivity contribution in [1.82, 2.24) is 15.1 Å². The van der Waals surface area contributed by atoms with E-state index in [0.717, 1.165) is 19.3 Å². The lowest BCUT2D eigenvalue weighted by molar-refractivity contribution is 0.0576. The second-order valence-corrected chi connectivity index (χ2v) is 4.73. The fraction of sp³-hybridized carbons (Fsp3) is 0.583. The van der Waals surface area contributed by atoms with Crippen LogP contribution in [0.25, 0.3) is 0 Å². The van der Waals surface area contributed by atoms with Crippen LogP contribution in [-0.2, 0) is 0 Å². The highest BCUT2D eigenvalue weighted by atomic mass is 16.2. The van der Waals surface area contributed by atoms with Crippen LogP contribution in [0.2, 0.25) is 0 Å². The Kier molecular flexibility index (Phi) is 3.76. The van der Waals surface area contributed by atoms with Crippen molar-refractivity contribution < 1.29 is 4.79 Å². The van der Waals surface area contributed by atoms with Gasteiger partial charge in [0.25, 0.3) is 11.5 Å². The van der Waals surface area contributed by atoms with Gasteiger partial charge in [0.2, 0.25) is 0 Å². The Morgan fingerprint density at radius 3 is 2.94 bits per heavy atom. The number of aromatic nitrogens is 2. The zero-order valence-electron chi connectivity index (χ0n) is 10.4. The van der Waals surface area contributed by atoms with Crippen molar-refractivity contribution >= 4 is 5.91 Å². The summed E-state index contributed by atoms with van der Waals surface area (Å²) in [4.78, 5) is 25.0. The first kappa shape index (κ1) is 12.8. The van der Waals surface area contributed by atoms with Crippen LogP contribution in [0.15, 0.2) is 16.9 Å². The van der Waals surface area contributed by atoms with Gasteiger partial charge in [0.1, 0.15) is 5.69 Å². The summed E-state index contributed by atoms with van der Waals surface area (Å²) in [6.07, 6.45) is 3.00. The number of hydrogen-bond donors (Lipinski definition) is 2. The first-order chi connectivity index (χ1) is 8.59. The summed E-state index contributed by atoms with van der Waals surface area (Å²) in [6, 6.07) is 2.76. The number of nitrogens with zero attached hydrogens (tertiary/aromatic N) is 2. The molecule has 2 unspecified atom stereocenters. The number of carbonyl (C=O) groups excluding carboxylic acids is 1. The van der Waals surface area contributed by atoms with Gasteiger partial charge in [-0.25, -0.2) is 5.10 Å². The summed E-state index contributed by atoms with van der Waals surface area (Å²) in [7, 11) is 0. The van der Waals surface area contributed by atoms with Gasteiger partial charge in [0.05, 0.1) is 0 Å². The standard InChI is InChI=1S/C12H18N4O2/c1-8(13)10-4-2-3-7-16(10)12(18)9-5-6-11(17)15-14-9/h5-6,8,10H,2-4,7,13H2,1H3,(H,15,17). The van der Waals surface area contributed by atoms with E-state index in [-0.39, 0.29) is 29.2 Å². The van der Waals surface area contributed by atoms with E-state index in [2.05, 4.69) is 10.2 Å². The van der Waals surface area contributed by atoms with Gasteiger partial charge in [-0.1, -0.05) is 0 Å². The van der Waals surface area contributed by atoms with E-state index >= 15 is 0 Å². The van der Waals surface area contributed by atoms with Gasteiger partial charge in [-0.15, -0.1) is 0 Å². The van der Waals surface area contributed by atoms with Gasteiger partial charge in [0.15, 0.2) is 0 Å². The zero-order valence-corrected chi connectivity index (χ0v) is 10.4. The number of piperidine rings is 1. The summed E-state index contributed by atoms with van der Waals surface area (Å²) in [5, 5.41) is 6.06. The Hall–Kier alpha value is -1.69. The fourth-order valence-electron chi connectivity index (χ4n) is 2.37. The molecule has 18 heavy (non-hydrogen) atoms. The van der Waals surface area contributed by atoms with Crippen molar-refractivity contribution in [2.75, 3.05) is 6.54 Å². The van der Waals surface area contributed by atoms with Gasteiger partial charge in [-0.3, -0.25) is 9.59 Å². The molecule has 2 heterocycles.